The van der Waals surface area contributed by atoms with Crippen LogP contribution in [0.4, 0.5) is 0 Å². The first-order chi connectivity index (χ1) is 8.61. The molecule has 0 aliphatic carbocycles. The second kappa shape index (κ2) is 6.20. The number of oxazole rings is 1. The fraction of sp³-hybridized carbons (Fsp3) is 0.615. The summed E-state index contributed by atoms with van der Waals surface area (Å²) < 4.78 is 5.39. The van der Waals surface area contributed by atoms with Crippen LogP contribution in [0.5, 0.6) is 0 Å². The minimum absolute atomic E-state index is 0.224. The number of aromatic nitrogens is 1. The van der Waals surface area contributed by atoms with E-state index < -0.39 is 5.41 Å². The van der Waals surface area contributed by atoms with Crippen LogP contribution in [0.2, 0.25) is 0 Å². The molecule has 98 valence electrons. The van der Waals surface area contributed by atoms with E-state index in [0.717, 1.165) is 12.2 Å². The molecule has 0 saturated heterocycles. The first-order valence-corrected chi connectivity index (χ1v) is 6.25. The summed E-state index contributed by atoms with van der Waals surface area (Å²) in [5.41, 5.74) is -0.944. The van der Waals surface area contributed by atoms with E-state index in [-0.39, 0.29) is 12.5 Å². The van der Waals surface area contributed by atoms with Crippen LogP contribution in [0, 0.1) is 16.7 Å². The Morgan fingerprint density at radius 2 is 2.17 bits per heavy atom. The molecule has 1 aromatic heterocycles. The molecule has 0 spiro atoms. The lowest BCUT2D eigenvalue weighted by Crippen LogP contribution is -2.39. The van der Waals surface area contributed by atoms with Crippen LogP contribution in [0.3, 0.4) is 0 Å². The summed E-state index contributed by atoms with van der Waals surface area (Å²) in [6, 6.07) is 2.10. The molecule has 1 amide bonds. The smallest absolute Gasteiger partial charge is 0.240 e. The Morgan fingerprint density at radius 3 is 2.61 bits per heavy atom. The molecule has 0 atom stereocenters. The SMILES string of the molecule is CCc1cnc(CNC(=O)C(C#N)(CC)CC)o1. The molecule has 18 heavy (non-hydrogen) atoms. The molecule has 5 nitrogen and oxygen atoms in total. The van der Waals surface area contributed by atoms with Crippen LogP contribution in [0.1, 0.15) is 45.3 Å². The summed E-state index contributed by atoms with van der Waals surface area (Å²) in [4.78, 5) is 16.1. The van der Waals surface area contributed by atoms with Gasteiger partial charge in [0.05, 0.1) is 18.8 Å². The minimum Gasteiger partial charge on any atom is -0.444 e. The number of aryl methyl sites for hydroxylation is 1. The quantitative estimate of drug-likeness (QED) is 0.838. The standard InChI is InChI=1S/C13H19N3O2/c1-4-10-7-15-11(18-10)8-16-12(17)13(5-2,6-3)9-14/h7H,4-6,8H2,1-3H3,(H,16,17). The monoisotopic (exact) mass is 249 g/mol. The fourth-order valence-electron chi connectivity index (χ4n) is 1.70. The van der Waals surface area contributed by atoms with E-state index in [1.807, 2.05) is 20.8 Å². The lowest BCUT2D eigenvalue weighted by atomic mass is 9.83. The molecule has 0 fully saturated rings. The van der Waals surface area contributed by atoms with Gasteiger partial charge in [-0.25, -0.2) is 4.98 Å². The van der Waals surface area contributed by atoms with Gasteiger partial charge in [-0.05, 0) is 12.8 Å². The van der Waals surface area contributed by atoms with E-state index in [2.05, 4.69) is 16.4 Å². The Hall–Kier alpha value is -1.83. The highest BCUT2D eigenvalue weighted by Crippen LogP contribution is 2.25. The molecule has 0 aliphatic rings. The molecule has 0 radical (unpaired) electrons. The number of hydrogen-bond donors (Lipinski definition) is 1. The zero-order valence-corrected chi connectivity index (χ0v) is 11.1. The second-order valence-corrected chi connectivity index (χ2v) is 4.16. The highest BCUT2D eigenvalue weighted by molar-refractivity contribution is 5.85. The number of nitriles is 1. The molecule has 1 N–H and O–H groups in total. The van der Waals surface area contributed by atoms with Crippen LogP contribution >= 0.6 is 0 Å². The van der Waals surface area contributed by atoms with Gasteiger partial charge in [-0.2, -0.15) is 5.26 Å². The van der Waals surface area contributed by atoms with E-state index >= 15 is 0 Å². The largest absolute Gasteiger partial charge is 0.444 e. The predicted molar refractivity (Wildman–Crippen MR) is 66.4 cm³/mol. The molecular weight excluding hydrogens is 230 g/mol. The summed E-state index contributed by atoms with van der Waals surface area (Å²) >= 11 is 0. The molecule has 0 aliphatic heterocycles. The number of rotatable bonds is 6. The lowest BCUT2D eigenvalue weighted by molar-refractivity contribution is -0.128. The van der Waals surface area contributed by atoms with Gasteiger partial charge in [0.25, 0.3) is 0 Å². The van der Waals surface area contributed by atoms with Crippen LogP contribution in [0.15, 0.2) is 10.6 Å². The second-order valence-electron chi connectivity index (χ2n) is 4.16. The molecule has 1 heterocycles. The van der Waals surface area contributed by atoms with Crippen molar-refractivity contribution >= 4 is 5.91 Å². The Morgan fingerprint density at radius 1 is 1.50 bits per heavy atom. The molecule has 0 saturated carbocycles. The maximum Gasteiger partial charge on any atom is 0.240 e. The first kappa shape index (κ1) is 14.2. The van der Waals surface area contributed by atoms with Gasteiger partial charge < -0.3 is 9.73 Å². The third-order valence-corrected chi connectivity index (χ3v) is 3.21. The Kier molecular flexibility index (Phi) is 4.90. The van der Waals surface area contributed by atoms with Gasteiger partial charge in [-0.15, -0.1) is 0 Å². The van der Waals surface area contributed by atoms with Gasteiger partial charge in [0, 0.05) is 6.42 Å². The average molecular weight is 249 g/mol. The maximum atomic E-state index is 12.0. The van der Waals surface area contributed by atoms with E-state index in [9.17, 15) is 4.79 Å². The van der Waals surface area contributed by atoms with Crippen LogP contribution in [0.25, 0.3) is 0 Å². The molecule has 0 aromatic carbocycles. The molecular formula is C13H19N3O2. The molecule has 1 aromatic rings. The Balaban J connectivity index is 2.63. The van der Waals surface area contributed by atoms with Crippen molar-refractivity contribution in [1.82, 2.24) is 10.3 Å². The number of carbonyl (C=O) groups excluding carboxylic acids is 1. The van der Waals surface area contributed by atoms with Crippen LogP contribution in [-0.2, 0) is 17.8 Å². The van der Waals surface area contributed by atoms with Gasteiger partial charge >= 0.3 is 0 Å². The summed E-state index contributed by atoms with van der Waals surface area (Å²) in [6.45, 7) is 5.87. The first-order valence-electron chi connectivity index (χ1n) is 6.25. The Bertz CT molecular complexity index is 441. The lowest BCUT2D eigenvalue weighted by Gasteiger charge is -2.21. The third kappa shape index (κ3) is 2.89. The van der Waals surface area contributed by atoms with E-state index in [1.54, 1.807) is 6.20 Å². The van der Waals surface area contributed by atoms with E-state index in [1.165, 1.54) is 0 Å². The van der Waals surface area contributed by atoms with Crippen molar-refractivity contribution in [3.63, 3.8) is 0 Å². The summed E-state index contributed by atoms with van der Waals surface area (Å²) in [5, 5.41) is 11.8. The average Bonchev–Trinajstić information content (AvgIpc) is 2.87. The van der Waals surface area contributed by atoms with Crippen molar-refractivity contribution < 1.29 is 9.21 Å². The van der Waals surface area contributed by atoms with Gasteiger partial charge in [-0.3, -0.25) is 4.79 Å². The van der Waals surface area contributed by atoms with Crippen LogP contribution < -0.4 is 5.32 Å². The van der Waals surface area contributed by atoms with Crippen molar-refractivity contribution in [3.8, 4) is 6.07 Å². The van der Waals surface area contributed by atoms with Crippen molar-refractivity contribution in [2.75, 3.05) is 0 Å². The number of nitrogens with one attached hydrogen (secondary N) is 1. The van der Waals surface area contributed by atoms with Crippen molar-refractivity contribution in [3.05, 3.63) is 17.8 Å². The summed E-state index contributed by atoms with van der Waals surface area (Å²) in [6.07, 6.45) is 3.42. The topological polar surface area (TPSA) is 78.9 Å². The summed E-state index contributed by atoms with van der Waals surface area (Å²) in [5.74, 6) is 1.00. The van der Waals surface area contributed by atoms with Crippen molar-refractivity contribution in [2.45, 2.75) is 46.6 Å². The van der Waals surface area contributed by atoms with E-state index in [0.29, 0.717) is 18.7 Å². The number of hydrogen-bond acceptors (Lipinski definition) is 4. The van der Waals surface area contributed by atoms with Crippen molar-refractivity contribution in [1.29, 1.82) is 5.26 Å². The molecule has 5 heteroatoms. The van der Waals surface area contributed by atoms with Crippen LogP contribution in [-0.4, -0.2) is 10.9 Å². The minimum atomic E-state index is -0.944. The zero-order valence-electron chi connectivity index (χ0n) is 11.1. The maximum absolute atomic E-state index is 12.0. The summed E-state index contributed by atoms with van der Waals surface area (Å²) in [7, 11) is 0. The number of nitrogens with zero attached hydrogens (tertiary/aromatic N) is 2. The Labute approximate surface area is 107 Å². The highest BCUT2D eigenvalue weighted by Gasteiger charge is 2.34. The van der Waals surface area contributed by atoms with Gasteiger partial charge in [0.1, 0.15) is 11.2 Å². The highest BCUT2D eigenvalue weighted by atomic mass is 16.4. The zero-order chi connectivity index (χ0) is 13.6. The van der Waals surface area contributed by atoms with Gasteiger partial charge in [0.15, 0.2) is 0 Å². The van der Waals surface area contributed by atoms with Gasteiger partial charge in [-0.1, -0.05) is 20.8 Å². The van der Waals surface area contributed by atoms with E-state index in [4.69, 9.17) is 9.68 Å². The van der Waals surface area contributed by atoms with Gasteiger partial charge in [0.2, 0.25) is 11.8 Å². The number of amides is 1. The predicted octanol–water partition coefficient (Wildman–Crippen LogP) is 2.18. The third-order valence-electron chi connectivity index (χ3n) is 3.21. The number of carbonyl (C=O) groups is 1. The normalized spacial score (nSPS) is 11.0. The molecule has 0 bridgehead atoms. The molecule has 0 unspecified atom stereocenters. The fourth-order valence-corrected chi connectivity index (χ4v) is 1.70. The van der Waals surface area contributed by atoms with Crippen molar-refractivity contribution in [2.24, 2.45) is 5.41 Å². The molecule has 1 rings (SSSR count).